The van der Waals surface area contributed by atoms with Crippen molar-refractivity contribution in [3.8, 4) is 5.88 Å². The van der Waals surface area contributed by atoms with Gasteiger partial charge in [-0.3, -0.25) is 14.8 Å². The van der Waals surface area contributed by atoms with Crippen molar-refractivity contribution in [2.24, 2.45) is 10.7 Å². The summed E-state index contributed by atoms with van der Waals surface area (Å²) in [7, 11) is 0. The van der Waals surface area contributed by atoms with Crippen molar-refractivity contribution >= 4 is 29.1 Å². The molecule has 0 unspecified atom stereocenters. The number of primary amides is 1. The molecule has 1 saturated carbocycles. The fourth-order valence-corrected chi connectivity index (χ4v) is 3.13. The summed E-state index contributed by atoms with van der Waals surface area (Å²) < 4.78 is 1.62. The number of carbonyl (C=O) groups is 1. The summed E-state index contributed by atoms with van der Waals surface area (Å²) in [6, 6.07) is 8.77. The highest BCUT2D eigenvalue weighted by Crippen LogP contribution is 2.22. The van der Waals surface area contributed by atoms with E-state index in [0.29, 0.717) is 27.7 Å². The Kier molecular flexibility index (Phi) is 4.28. The molecule has 0 radical (unpaired) electrons. The molecular formula is C20H18N8O3. The second-order valence-corrected chi connectivity index (χ2v) is 7.25. The lowest BCUT2D eigenvalue weighted by Crippen LogP contribution is -2.19. The highest BCUT2D eigenvalue weighted by Gasteiger charge is 2.20. The highest BCUT2D eigenvalue weighted by molar-refractivity contribution is 5.93. The number of rotatable bonds is 5. The quantitative estimate of drug-likeness (QED) is 0.303. The van der Waals surface area contributed by atoms with Gasteiger partial charge in [0.25, 0.3) is 0 Å². The van der Waals surface area contributed by atoms with Gasteiger partial charge in [0.2, 0.25) is 11.8 Å². The fraction of sp³-hybridized carbons (Fsp3) is 0.150. The van der Waals surface area contributed by atoms with Gasteiger partial charge in [0.1, 0.15) is 11.5 Å². The summed E-state index contributed by atoms with van der Waals surface area (Å²) in [5.41, 5.74) is 7.26. The summed E-state index contributed by atoms with van der Waals surface area (Å²) >= 11 is 0. The van der Waals surface area contributed by atoms with Gasteiger partial charge in [0.15, 0.2) is 11.1 Å². The number of fused-ring (bicyclic) bond motifs is 1. The molecule has 0 atom stereocenters. The van der Waals surface area contributed by atoms with Crippen molar-refractivity contribution in [3.63, 3.8) is 0 Å². The first-order chi connectivity index (χ1) is 15.0. The molecule has 1 amide bonds. The largest absolute Gasteiger partial charge is 0.493 e. The molecule has 11 heteroatoms. The second kappa shape index (κ2) is 7.13. The minimum Gasteiger partial charge on any atom is -0.493 e. The number of carbonyl (C=O) groups excluding carboxylic acids is 1. The SMILES string of the molecule is NC(=O)c1ccc(Nc2cc(=NC3CC3)n3nc/c(=C/c4[nH]c(=O)[nH]c4O)c3n2)cc1. The number of hydrogen-bond acceptors (Lipinski definition) is 7. The van der Waals surface area contributed by atoms with Crippen molar-refractivity contribution in [3.05, 3.63) is 69.0 Å². The number of anilines is 2. The summed E-state index contributed by atoms with van der Waals surface area (Å²) in [4.78, 5) is 36.8. The maximum Gasteiger partial charge on any atom is 0.326 e. The molecule has 1 aliphatic rings. The van der Waals surface area contributed by atoms with Crippen LogP contribution < -0.4 is 27.4 Å². The van der Waals surface area contributed by atoms with Crippen LogP contribution in [0.1, 0.15) is 28.9 Å². The van der Waals surface area contributed by atoms with Crippen molar-refractivity contribution in [1.82, 2.24) is 24.6 Å². The molecule has 0 saturated heterocycles. The molecule has 11 nitrogen and oxygen atoms in total. The summed E-state index contributed by atoms with van der Waals surface area (Å²) in [6.07, 6.45) is 5.22. The van der Waals surface area contributed by atoms with Crippen LogP contribution in [0.5, 0.6) is 5.88 Å². The molecular weight excluding hydrogens is 400 g/mol. The van der Waals surface area contributed by atoms with Crippen molar-refractivity contribution in [2.75, 3.05) is 5.32 Å². The van der Waals surface area contributed by atoms with E-state index in [2.05, 4.69) is 25.4 Å². The molecule has 3 heterocycles. The predicted molar refractivity (Wildman–Crippen MR) is 112 cm³/mol. The Morgan fingerprint density at radius 2 is 2.06 bits per heavy atom. The number of aromatic amines is 2. The van der Waals surface area contributed by atoms with E-state index in [1.807, 2.05) is 0 Å². The molecule has 3 aromatic heterocycles. The number of imidazole rings is 1. The second-order valence-electron chi connectivity index (χ2n) is 7.25. The van der Waals surface area contributed by atoms with Gasteiger partial charge in [-0.25, -0.2) is 9.78 Å². The minimum absolute atomic E-state index is 0.225. The van der Waals surface area contributed by atoms with Gasteiger partial charge >= 0.3 is 5.69 Å². The van der Waals surface area contributed by atoms with Crippen LogP contribution >= 0.6 is 0 Å². The Labute approximate surface area is 174 Å². The Morgan fingerprint density at radius 3 is 2.71 bits per heavy atom. The zero-order valence-electron chi connectivity index (χ0n) is 16.2. The van der Waals surface area contributed by atoms with E-state index >= 15 is 0 Å². The number of benzene rings is 1. The number of nitrogens with one attached hydrogen (secondary N) is 3. The van der Waals surface area contributed by atoms with Crippen LogP contribution in [0.15, 0.2) is 46.3 Å². The Morgan fingerprint density at radius 1 is 1.29 bits per heavy atom. The van der Waals surface area contributed by atoms with Gasteiger partial charge < -0.3 is 21.1 Å². The smallest absolute Gasteiger partial charge is 0.326 e. The average molecular weight is 418 g/mol. The van der Waals surface area contributed by atoms with Crippen LogP contribution in [0, 0.1) is 0 Å². The van der Waals surface area contributed by atoms with Crippen molar-refractivity contribution in [2.45, 2.75) is 18.9 Å². The van der Waals surface area contributed by atoms with E-state index < -0.39 is 11.6 Å². The number of nitrogens with zero attached hydrogens (tertiary/aromatic N) is 4. The third kappa shape index (κ3) is 3.75. The number of H-pyrrole nitrogens is 2. The summed E-state index contributed by atoms with van der Waals surface area (Å²) in [6.45, 7) is 0. The number of nitrogens with two attached hydrogens (primary N) is 1. The highest BCUT2D eigenvalue weighted by atomic mass is 16.3. The maximum atomic E-state index is 11.4. The molecule has 1 fully saturated rings. The van der Waals surface area contributed by atoms with Crippen LogP contribution in [-0.4, -0.2) is 41.6 Å². The van der Waals surface area contributed by atoms with E-state index in [1.54, 1.807) is 47.1 Å². The van der Waals surface area contributed by atoms with Gasteiger partial charge in [-0.15, -0.1) is 0 Å². The lowest BCUT2D eigenvalue weighted by molar-refractivity contribution is 0.100. The van der Waals surface area contributed by atoms with Crippen LogP contribution in [0.25, 0.3) is 11.7 Å². The summed E-state index contributed by atoms with van der Waals surface area (Å²) in [5.74, 6) is -0.237. The first-order valence-corrected chi connectivity index (χ1v) is 9.59. The molecule has 156 valence electrons. The first kappa shape index (κ1) is 18.6. The van der Waals surface area contributed by atoms with Crippen LogP contribution in [0.2, 0.25) is 0 Å². The van der Waals surface area contributed by atoms with E-state index in [0.717, 1.165) is 18.5 Å². The first-order valence-electron chi connectivity index (χ1n) is 9.59. The molecule has 0 spiro atoms. The van der Waals surface area contributed by atoms with Crippen LogP contribution in [0.3, 0.4) is 0 Å². The van der Waals surface area contributed by atoms with Gasteiger partial charge in [-0.1, -0.05) is 0 Å². The van der Waals surface area contributed by atoms with E-state index in [1.165, 1.54) is 0 Å². The van der Waals surface area contributed by atoms with Crippen molar-refractivity contribution in [1.29, 1.82) is 0 Å². The topological polar surface area (TPSA) is 167 Å². The molecule has 1 aliphatic carbocycles. The standard InChI is InChI=1S/C20H18N8O3/c21-17(29)10-1-3-12(4-2-10)23-15-8-16(24-13-5-6-13)28-18(26-15)11(9-22-28)7-14-19(30)27-20(31)25-14/h1-4,7-9,13,23,30H,5-6H2,(H2,21,29)(H2,25,27,31)/b11-7-,24-16?. The number of amides is 1. The zero-order valence-corrected chi connectivity index (χ0v) is 16.2. The Balaban J connectivity index is 1.62. The van der Waals surface area contributed by atoms with Gasteiger partial charge in [-0.2, -0.15) is 9.61 Å². The fourth-order valence-electron chi connectivity index (χ4n) is 3.13. The third-order valence-corrected chi connectivity index (χ3v) is 4.82. The molecule has 0 aliphatic heterocycles. The van der Waals surface area contributed by atoms with E-state index in [9.17, 15) is 14.7 Å². The summed E-state index contributed by atoms with van der Waals surface area (Å²) in [5, 5.41) is 18.0. The molecule has 0 bridgehead atoms. The average Bonchev–Trinajstić information content (AvgIpc) is 3.37. The van der Waals surface area contributed by atoms with Crippen LogP contribution in [-0.2, 0) is 0 Å². The number of hydrogen-bond donors (Lipinski definition) is 5. The van der Waals surface area contributed by atoms with Gasteiger partial charge in [-0.05, 0) is 43.2 Å². The van der Waals surface area contributed by atoms with Gasteiger partial charge in [0, 0.05) is 22.5 Å². The minimum atomic E-state index is -0.514. The monoisotopic (exact) mass is 418 g/mol. The third-order valence-electron chi connectivity index (χ3n) is 4.82. The molecule has 1 aromatic carbocycles. The zero-order chi connectivity index (χ0) is 21.5. The maximum absolute atomic E-state index is 11.4. The number of aromatic hydroxyl groups is 1. The molecule has 31 heavy (non-hydrogen) atoms. The van der Waals surface area contributed by atoms with Crippen molar-refractivity contribution < 1.29 is 9.90 Å². The predicted octanol–water partition coefficient (Wildman–Crippen LogP) is -0.0954. The normalized spacial score (nSPS) is 15.0. The molecule has 4 aromatic rings. The Hall–Kier alpha value is -4.41. The molecule has 5 rings (SSSR count). The lowest BCUT2D eigenvalue weighted by Gasteiger charge is -2.07. The number of aromatic nitrogens is 5. The van der Waals surface area contributed by atoms with E-state index in [4.69, 9.17) is 10.7 Å². The molecule has 6 N–H and O–H groups in total. The van der Waals surface area contributed by atoms with E-state index in [-0.39, 0.29) is 17.6 Å². The lowest BCUT2D eigenvalue weighted by atomic mass is 10.2. The van der Waals surface area contributed by atoms with Gasteiger partial charge in [0.05, 0.1) is 12.2 Å². The van der Waals surface area contributed by atoms with Crippen LogP contribution in [0.4, 0.5) is 11.5 Å². The Bertz CT molecular complexity index is 1480.